The molecule has 0 bridgehead atoms. The molecule has 1 aromatic rings. The van der Waals surface area contributed by atoms with Crippen LogP contribution in [0.5, 0.6) is 0 Å². The molecule has 92 valence electrons. The first-order valence-corrected chi connectivity index (χ1v) is 6.62. The molecule has 17 heavy (non-hydrogen) atoms. The van der Waals surface area contributed by atoms with Gasteiger partial charge in [-0.15, -0.1) is 0 Å². The fourth-order valence-corrected chi connectivity index (χ4v) is 2.75. The summed E-state index contributed by atoms with van der Waals surface area (Å²) < 4.78 is 5.41. The number of hydrogen-bond acceptors (Lipinski definition) is 3. The maximum absolute atomic E-state index is 11.7. The van der Waals surface area contributed by atoms with Gasteiger partial charge in [0, 0.05) is 24.9 Å². The van der Waals surface area contributed by atoms with E-state index in [1.165, 1.54) is 12.8 Å². The van der Waals surface area contributed by atoms with Gasteiger partial charge < -0.3 is 4.42 Å². The number of furan rings is 1. The molecule has 0 N–H and O–H groups in total. The van der Waals surface area contributed by atoms with Gasteiger partial charge in [0.1, 0.15) is 11.5 Å². The van der Waals surface area contributed by atoms with Gasteiger partial charge in [-0.3, -0.25) is 9.69 Å². The van der Waals surface area contributed by atoms with E-state index in [1.807, 2.05) is 12.1 Å². The maximum atomic E-state index is 11.7. The summed E-state index contributed by atoms with van der Waals surface area (Å²) in [6.45, 7) is 1.80. The van der Waals surface area contributed by atoms with Crippen molar-refractivity contribution >= 4 is 5.78 Å². The molecule has 2 fully saturated rings. The third-order valence-corrected chi connectivity index (χ3v) is 3.89. The van der Waals surface area contributed by atoms with E-state index in [4.69, 9.17) is 4.42 Å². The molecule has 2 aliphatic rings. The lowest BCUT2D eigenvalue weighted by Gasteiger charge is -2.23. The summed E-state index contributed by atoms with van der Waals surface area (Å²) >= 11 is 0. The molecule has 0 aliphatic heterocycles. The van der Waals surface area contributed by atoms with Crippen molar-refractivity contribution in [1.82, 2.24) is 4.90 Å². The van der Waals surface area contributed by atoms with E-state index >= 15 is 0 Å². The SMILES string of the molecule is O=C1CCCC1CN(Cc1ccco1)C1CC1. The van der Waals surface area contributed by atoms with Gasteiger partial charge in [-0.1, -0.05) is 0 Å². The average Bonchev–Trinajstić information content (AvgIpc) is 2.91. The lowest BCUT2D eigenvalue weighted by atomic mass is 10.1. The molecule has 1 atom stereocenters. The van der Waals surface area contributed by atoms with E-state index in [0.29, 0.717) is 11.8 Å². The third-order valence-electron chi connectivity index (χ3n) is 3.89. The molecule has 1 aromatic heterocycles. The molecule has 0 aromatic carbocycles. The highest BCUT2D eigenvalue weighted by atomic mass is 16.3. The molecule has 3 nitrogen and oxygen atoms in total. The second-order valence-corrected chi connectivity index (χ2v) is 5.30. The monoisotopic (exact) mass is 233 g/mol. The van der Waals surface area contributed by atoms with E-state index in [9.17, 15) is 4.79 Å². The molecule has 3 rings (SSSR count). The Morgan fingerprint density at radius 1 is 1.35 bits per heavy atom. The van der Waals surface area contributed by atoms with Gasteiger partial charge in [0.05, 0.1) is 12.8 Å². The molecule has 1 heterocycles. The zero-order chi connectivity index (χ0) is 11.7. The van der Waals surface area contributed by atoms with Crippen LogP contribution in [0.25, 0.3) is 0 Å². The molecule has 3 heteroatoms. The van der Waals surface area contributed by atoms with Crippen LogP contribution in [0.15, 0.2) is 22.8 Å². The predicted molar refractivity (Wildman–Crippen MR) is 64.5 cm³/mol. The van der Waals surface area contributed by atoms with Crippen molar-refractivity contribution < 1.29 is 9.21 Å². The van der Waals surface area contributed by atoms with Crippen LogP contribution in [0.2, 0.25) is 0 Å². The maximum Gasteiger partial charge on any atom is 0.137 e. The van der Waals surface area contributed by atoms with Gasteiger partial charge in [0.2, 0.25) is 0 Å². The summed E-state index contributed by atoms with van der Waals surface area (Å²) in [7, 11) is 0. The van der Waals surface area contributed by atoms with Crippen molar-refractivity contribution in [2.24, 2.45) is 5.92 Å². The van der Waals surface area contributed by atoms with Crippen molar-refractivity contribution in [3.05, 3.63) is 24.2 Å². The summed E-state index contributed by atoms with van der Waals surface area (Å²) in [4.78, 5) is 14.1. The highest BCUT2D eigenvalue weighted by molar-refractivity contribution is 5.83. The molecular formula is C14H19NO2. The molecule has 0 amide bonds. The minimum absolute atomic E-state index is 0.283. The van der Waals surface area contributed by atoms with Crippen molar-refractivity contribution in [2.75, 3.05) is 6.54 Å². The van der Waals surface area contributed by atoms with E-state index < -0.39 is 0 Å². The lowest BCUT2D eigenvalue weighted by molar-refractivity contribution is -0.121. The number of carbonyl (C=O) groups excluding carboxylic acids is 1. The van der Waals surface area contributed by atoms with Gasteiger partial charge >= 0.3 is 0 Å². The fourth-order valence-electron chi connectivity index (χ4n) is 2.75. The van der Waals surface area contributed by atoms with Crippen molar-refractivity contribution in [1.29, 1.82) is 0 Å². The average molecular weight is 233 g/mol. The van der Waals surface area contributed by atoms with Crippen LogP contribution in [0, 0.1) is 5.92 Å². The number of Topliss-reactive ketones (excluding diaryl/α,β-unsaturated/α-hetero) is 1. The second-order valence-electron chi connectivity index (χ2n) is 5.30. The van der Waals surface area contributed by atoms with Crippen LogP contribution in [0.3, 0.4) is 0 Å². The molecule has 0 spiro atoms. The summed E-state index contributed by atoms with van der Waals surface area (Å²) in [5, 5.41) is 0. The van der Waals surface area contributed by atoms with Gasteiger partial charge in [-0.25, -0.2) is 0 Å². The minimum Gasteiger partial charge on any atom is -0.468 e. The standard InChI is InChI=1S/C14H19NO2/c16-14-5-1-3-11(14)9-15(12-6-7-12)10-13-4-2-8-17-13/h2,4,8,11-12H,1,3,5-7,9-10H2. The first-order valence-electron chi connectivity index (χ1n) is 6.62. The van der Waals surface area contributed by atoms with E-state index in [0.717, 1.165) is 38.1 Å². The van der Waals surface area contributed by atoms with Crippen molar-refractivity contribution in [3.63, 3.8) is 0 Å². The Labute approximate surface area is 102 Å². The van der Waals surface area contributed by atoms with Crippen molar-refractivity contribution in [2.45, 2.75) is 44.7 Å². The third kappa shape index (κ3) is 2.60. The lowest BCUT2D eigenvalue weighted by Crippen LogP contribution is -2.32. The normalized spacial score (nSPS) is 24.8. The first kappa shape index (κ1) is 11.0. The molecular weight excluding hydrogens is 214 g/mol. The van der Waals surface area contributed by atoms with Gasteiger partial charge in [-0.2, -0.15) is 0 Å². The number of carbonyl (C=O) groups is 1. The Bertz CT molecular complexity index is 381. The van der Waals surface area contributed by atoms with Gasteiger partial charge in [0.15, 0.2) is 0 Å². The Kier molecular flexibility index (Phi) is 3.02. The predicted octanol–water partition coefficient (Wildman–Crippen LogP) is 2.61. The molecule has 1 unspecified atom stereocenters. The Morgan fingerprint density at radius 3 is 2.82 bits per heavy atom. The first-order chi connectivity index (χ1) is 8.33. The molecule has 2 saturated carbocycles. The highest BCUT2D eigenvalue weighted by Gasteiger charge is 2.34. The van der Waals surface area contributed by atoms with Crippen molar-refractivity contribution in [3.8, 4) is 0 Å². The minimum atomic E-state index is 0.283. The fraction of sp³-hybridized carbons (Fsp3) is 0.643. The van der Waals surface area contributed by atoms with Crippen LogP contribution in [0.1, 0.15) is 37.9 Å². The molecule has 2 aliphatic carbocycles. The zero-order valence-electron chi connectivity index (χ0n) is 10.1. The summed E-state index contributed by atoms with van der Waals surface area (Å²) in [5.74, 6) is 1.77. The zero-order valence-corrected chi connectivity index (χ0v) is 10.1. The summed E-state index contributed by atoms with van der Waals surface area (Å²) in [6, 6.07) is 4.64. The Hall–Kier alpha value is -1.09. The largest absolute Gasteiger partial charge is 0.468 e. The summed E-state index contributed by atoms with van der Waals surface area (Å²) in [5.41, 5.74) is 0. The topological polar surface area (TPSA) is 33.5 Å². The smallest absolute Gasteiger partial charge is 0.137 e. The number of ketones is 1. The van der Waals surface area contributed by atoms with Crippen LogP contribution >= 0.6 is 0 Å². The number of nitrogens with zero attached hydrogens (tertiary/aromatic N) is 1. The second kappa shape index (κ2) is 4.65. The van der Waals surface area contributed by atoms with Crippen LogP contribution in [0.4, 0.5) is 0 Å². The van der Waals surface area contributed by atoms with Crippen LogP contribution in [-0.2, 0) is 11.3 Å². The van der Waals surface area contributed by atoms with E-state index in [1.54, 1.807) is 6.26 Å². The Morgan fingerprint density at radius 2 is 2.24 bits per heavy atom. The van der Waals surface area contributed by atoms with Gasteiger partial charge in [0.25, 0.3) is 0 Å². The molecule has 0 radical (unpaired) electrons. The molecule has 0 saturated heterocycles. The van der Waals surface area contributed by atoms with Crippen LogP contribution in [-0.4, -0.2) is 23.3 Å². The number of rotatable bonds is 5. The Balaban J connectivity index is 1.62. The number of hydrogen-bond donors (Lipinski definition) is 0. The quantitative estimate of drug-likeness (QED) is 0.784. The van der Waals surface area contributed by atoms with E-state index in [2.05, 4.69) is 4.90 Å². The van der Waals surface area contributed by atoms with Gasteiger partial charge in [-0.05, 0) is 37.8 Å². The highest BCUT2D eigenvalue weighted by Crippen LogP contribution is 2.31. The van der Waals surface area contributed by atoms with Crippen LogP contribution < -0.4 is 0 Å². The van der Waals surface area contributed by atoms with E-state index in [-0.39, 0.29) is 5.92 Å². The summed E-state index contributed by atoms with van der Waals surface area (Å²) in [6.07, 6.45) is 7.25.